The Balaban J connectivity index is 1.18. The summed E-state index contributed by atoms with van der Waals surface area (Å²) < 4.78 is 4.87. The molecule has 7 heteroatoms. The van der Waals surface area contributed by atoms with Gasteiger partial charge in [-0.2, -0.15) is 0 Å². The molecule has 3 saturated carbocycles. The molecule has 1 amide bonds. The number of benzene rings is 1. The Morgan fingerprint density at radius 1 is 1.08 bits per heavy atom. The van der Waals surface area contributed by atoms with Crippen molar-refractivity contribution in [1.82, 2.24) is 5.32 Å². The van der Waals surface area contributed by atoms with Crippen molar-refractivity contribution in [2.45, 2.75) is 83.8 Å². The Bertz CT molecular complexity index is 1100. The van der Waals surface area contributed by atoms with Gasteiger partial charge in [-0.15, -0.1) is 0 Å². The second-order valence-corrected chi connectivity index (χ2v) is 12.3. The number of rotatable bonds is 7. The Hall–Kier alpha value is -2.67. The number of amides is 1. The first-order chi connectivity index (χ1) is 18.2. The molecule has 0 heterocycles. The molecule has 0 aliphatic heterocycles. The topological polar surface area (TPSA) is 97.2 Å². The lowest BCUT2D eigenvalue weighted by Gasteiger charge is -2.57. The number of esters is 1. The van der Waals surface area contributed by atoms with Crippen LogP contribution in [-0.2, 0) is 25.6 Å². The van der Waals surface area contributed by atoms with Gasteiger partial charge in [-0.05, 0) is 91.6 Å². The largest absolute Gasteiger partial charge is 0.467 e. The van der Waals surface area contributed by atoms with Crippen molar-refractivity contribution in [3.05, 3.63) is 47.5 Å². The smallest absolute Gasteiger partial charge is 0.328 e. The van der Waals surface area contributed by atoms with Crippen LogP contribution in [0.2, 0.25) is 0 Å². The molecule has 0 radical (unpaired) electrons. The summed E-state index contributed by atoms with van der Waals surface area (Å²) in [6.45, 7) is 4.52. The molecule has 7 nitrogen and oxygen atoms in total. The number of allylic oxidation sites excluding steroid dienone is 2. The van der Waals surface area contributed by atoms with Gasteiger partial charge in [-0.3, -0.25) is 4.79 Å². The van der Waals surface area contributed by atoms with E-state index in [1.807, 2.05) is 30.3 Å². The monoisotopic (exact) mass is 522 g/mol. The van der Waals surface area contributed by atoms with Crippen LogP contribution >= 0.6 is 0 Å². The highest BCUT2D eigenvalue weighted by molar-refractivity contribution is 5.96. The molecule has 5 rings (SSSR count). The summed E-state index contributed by atoms with van der Waals surface area (Å²) in [6, 6.07) is 8.73. The van der Waals surface area contributed by atoms with Crippen LogP contribution < -0.4 is 5.32 Å². The van der Waals surface area contributed by atoms with Gasteiger partial charge in [0.15, 0.2) is 6.61 Å². The van der Waals surface area contributed by atoms with E-state index in [1.165, 1.54) is 31.9 Å². The van der Waals surface area contributed by atoms with Crippen molar-refractivity contribution in [1.29, 1.82) is 0 Å². The third-order valence-electron chi connectivity index (χ3n) is 10.4. The van der Waals surface area contributed by atoms with Crippen LogP contribution in [0.5, 0.6) is 0 Å². The van der Waals surface area contributed by atoms with Gasteiger partial charge in [0, 0.05) is 6.42 Å². The summed E-state index contributed by atoms with van der Waals surface area (Å²) >= 11 is 0. The minimum absolute atomic E-state index is 0.0996. The lowest BCUT2D eigenvalue weighted by molar-refractivity contribution is -0.145. The van der Waals surface area contributed by atoms with Crippen molar-refractivity contribution in [2.75, 3.05) is 13.7 Å². The van der Waals surface area contributed by atoms with E-state index in [-0.39, 0.29) is 23.5 Å². The number of aliphatic hydroxyl groups excluding tert-OH is 1. The van der Waals surface area contributed by atoms with Crippen molar-refractivity contribution in [2.24, 2.45) is 33.7 Å². The van der Waals surface area contributed by atoms with Crippen LogP contribution in [0.15, 0.2) is 47.1 Å². The second kappa shape index (κ2) is 10.8. The first-order valence-corrected chi connectivity index (χ1v) is 14.2. The average molecular weight is 523 g/mol. The summed E-state index contributed by atoms with van der Waals surface area (Å²) in [5.41, 5.74) is 3.56. The predicted octanol–water partition coefficient (Wildman–Crippen LogP) is 4.58. The third-order valence-corrected chi connectivity index (χ3v) is 10.4. The lowest BCUT2D eigenvalue weighted by Crippen LogP contribution is -2.51. The van der Waals surface area contributed by atoms with Crippen LogP contribution in [0.4, 0.5) is 0 Å². The van der Waals surface area contributed by atoms with Crippen LogP contribution in [0.25, 0.3) is 0 Å². The first-order valence-electron chi connectivity index (χ1n) is 14.2. The maximum Gasteiger partial charge on any atom is 0.328 e. The molecule has 4 aliphatic rings. The quantitative estimate of drug-likeness (QED) is 0.404. The Morgan fingerprint density at radius 3 is 2.63 bits per heavy atom. The molecular formula is C31H42N2O5. The average Bonchev–Trinajstić information content (AvgIpc) is 3.22. The van der Waals surface area contributed by atoms with Gasteiger partial charge in [-0.25, -0.2) is 4.79 Å². The van der Waals surface area contributed by atoms with Gasteiger partial charge in [0.1, 0.15) is 6.04 Å². The van der Waals surface area contributed by atoms with Gasteiger partial charge < -0.3 is 20.0 Å². The SMILES string of the molecule is COC(=O)[C@H](Cc1ccccc1)NC(=O)CO/N=C1/C=C2CC[C@@H]3[C@@H]4CC[C@@H](O)[C@@]4(C)CC[C@@H]3[C@@]2(C)CC1. The van der Waals surface area contributed by atoms with Crippen molar-refractivity contribution >= 4 is 17.6 Å². The van der Waals surface area contributed by atoms with Gasteiger partial charge >= 0.3 is 5.97 Å². The lowest BCUT2D eigenvalue weighted by atomic mass is 9.47. The minimum atomic E-state index is -0.780. The van der Waals surface area contributed by atoms with Gasteiger partial charge in [-0.1, -0.05) is 54.9 Å². The number of ether oxygens (including phenoxy) is 1. The van der Waals surface area contributed by atoms with Gasteiger partial charge in [0.05, 0.1) is 18.9 Å². The number of hydrogen-bond acceptors (Lipinski definition) is 6. The van der Waals surface area contributed by atoms with Crippen LogP contribution in [0.3, 0.4) is 0 Å². The molecule has 3 fully saturated rings. The zero-order valence-corrected chi connectivity index (χ0v) is 22.9. The van der Waals surface area contributed by atoms with E-state index in [0.717, 1.165) is 43.4 Å². The molecule has 0 aromatic heterocycles. The highest BCUT2D eigenvalue weighted by atomic mass is 16.6. The molecule has 0 bridgehead atoms. The van der Waals surface area contributed by atoms with Crippen molar-refractivity contribution < 1.29 is 24.3 Å². The highest BCUT2D eigenvalue weighted by Crippen LogP contribution is 2.65. The fourth-order valence-electron chi connectivity index (χ4n) is 8.21. The normalized spacial score (nSPS) is 35.8. The van der Waals surface area contributed by atoms with Crippen LogP contribution in [0, 0.1) is 28.6 Å². The van der Waals surface area contributed by atoms with E-state index >= 15 is 0 Å². The highest BCUT2D eigenvalue weighted by Gasteiger charge is 2.58. The second-order valence-electron chi connectivity index (χ2n) is 12.3. The molecule has 206 valence electrons. The number of carbonyl (C=O) groups excluding carboxylic acids is 2. The molecule has 38 heavy (non-hydrogen) atoms. The molecule has 7 atom stereocenters. The van der Waals surface area contributed by atoms with E-state index in [1.54, 1.807) is 0 Å². The molecule has 4 aliphatic carbocycles. The molecule has 2 N–H and O–H groups in total. The first kappa shape index (κ1) is 26.9. The molecule has 0 spiro atoms. The minimum Gasteiger partial charge on any atom is -0.467 e. The summed E-state index contributed by atoms with van der Waals surface area (Å²) in [6.07, 6.45) is 11.0. The van der Waals surface area contributed by atoms with E-state index in [9.17, 15) is 14.7 Å². The molecule has 0 unspecified atom stereocenters. The van der Waals surface area contributed by atoms with Crippen molar-refractivity contribution in [3.63, 3.8) is 0 Å². The number of hydrogen-bond donors (Lipinski definition) is 2. The number of carbonyl (C=O) groups is 2. The third kappa shape index (κ3) is 5.02. The summed E-state index contributed by atoms with van der Waals surface area (Å²) in [5, 5.41) is 17.7. The van der Waals surface area contributed by atoms with E-state index in [4.69, 9.17) is 9.57 Å². The van der Waals surface area contributed by atoms with Crippen molar-refractivity contribution in [3.8, 4) is 0 Å². The fourth-order valence-corrected chi connectivity index (χ4v) is 8.21. The Kier molecular flexibility index (Phi) is 7.67. The summed E-state index contributed by atoms with van der Waals surface area (Å²) in [4.78, 5) is 30.2. The number of fused-ring (bicyclic) bond motifs is 5. The molecule has 1 aromatic carbocycles. The number of aliphatic hydroxyl groups is 1. The standard InChI is InChI=1S/C31H42N2O5/c1-30-15-13-22(18-21(30)9-10-23-24-11-12-27(34)31(24,2)16-14-25(23)30)33-38-19-28(35)32-26(29(36)37-3)17-20-7-5-4-6-8-20/h4-8,18,23-27,34H,9-17,19H2,1-3H3,(H,32,35)/b33-22+/t23-,24+,25+,26+,27-,30+,31+/m1/s1. The predicted molar refractivity (Wildman–Crippen MR) is 145 cm³/mol. The molecule has 0 saturated heterocycles. The zero-order chi connectivity index (χ0) is 26.9. The fraction of sp³-hybridized carbons (Fsp3) is 0.645. The molecule has 1 aromatic rings. The van der Waals surface area contributed by atoms with Crippen LogP contribution in [-0.4, -0.2) is 48.6 Å². The Morgan fingerprint density at radius 2 is 1.87 bits per heavy atom. The van der Waals surface area contributed by atoms with Gasteiger partial charge in [0.25, 0.3) is 5.91 Å². The number of oxime groups is 1. The van der Waals surface area contributed by atoms with Crippen LogP contribution in [0.1, 0.15) is 70.8 Å². The summed E-state index contributed by atoms with van der Waals surface area (Å²) in [7, 11) is 1.32. The van der Waals surface area contributed by atoms with E-state index in [2.05, 4.69) is 30.4 Å². The maximum atomic E-state index is 12.5. The van der Waals surface area contributed by atoms with E-state index < -0.39 is 17.9 Å². The van der Waals surface area contributed by atoms with E-state index in [0.29, 0.717) is 24.2 Å². The Labute approximate surface area is 226 Å². The number of nitrogens with zero attached hydrogens (tertiary/aromatic N) is 1. The van der Waals surface area contributed by atoms with Gasteiger partial charge in [0.2, 0.25) is 0 Å². The molecular weight excluding hydrogens is 480 g/mol. The number of methoxy groups -OCH3 is 1. The zero-order valence-electron chi connectivity index (χ0n) is 22.9. The number of nitrogens with one attached hydrogen (secondary N) is 1. The maximum absolute atomic E-state index is 12.5. The summed E-state index contributed by atoms with van der Waals surface area (Å²) in [5.74, 6) is 1.11.